The molecule has 0 spiro atoms. The van der Waals surface area contributed by atoms with Gasteiger partial charge in [0.1, 0.15) is 0 Å². The number of benzene rings is 1. The quantitative estimate of drug-likeness (QED) is 0.870. The Bertz CT molecular complexity index is 595. The number of rotatable bonds is 6. The van der Waals surface area contributed by atoms with Crippen LogP contribution in [0.3, 0.4) is 0 Å². The van der Waals surface area contributed by atoms with Crippen LogP contribution in [0.25, 0.3) is 5.69 Å². The zero-order valence-electron chi connectivity index (χ0n) is 12.0. The number of halogens is 1. The fraction of sp³-hybridized carbons (Fsp3) is 0.333. The number of hydrogen-bond acceptors (Lipinski definition) is 3. The third-order valence-electron chi connectivity index (χ3n) is 3.13. The summed E-state index contributed by atoms with van der Waals surface area (Å²) in [6, 6.07) is 7.74. The molecule has 1 heterocycles. The summed E-state index contributed by atoms with van der Waals surface area (Å²) in [4.78, 5) is 12.2. The zero-order chi connectivity index (χ0) is 15.2. The molecule has 0 bridgehead atoms. The van der Waals surface area contributed by atoms with Crippen molar-refractivity contribution in [1.82, 2.24) is 15.1 Å². The summed E-state index contributed by atoms with van der Waals surface area (Å²) in [6.07, 6.45) is 4.11. The van der Waals surface area contributed by atoms with Crippen LogP contribution in [0.5, 0.6) is 0 Å². The molecule has 0 aliphatic rings. The number of hydrogen-bond donors (Lipinski definition) is 1. The summed E-state index contributed by atoms with van der Waals surface area (Å²) in [5.74, 6) is -0.137. The Kier molecular flexibility index (Phi) is 5.52. The van der Waals surface area contributed by atoms with Crippen LogP contribution in [0.1, 0.15) is 23.7 Å². The molecule has 1 aromatic carbocycles. The van der Waals surface area contributed by atoms with Crippen molar-refractivity contribution in [2.24, 2.45) is 0 Å². The molecule has 112 valence electrons. The average Bonchev–Trinajstić information content (AvgIpc) is 2.97. The number of carbonyl (C=O) groups excluding carboxylic acids is 1. The molecule has 2 rings (SSSR count). The molecule has 5 nitrogen and oxygen atoms in total. The van der Waals surface area contributed by atoms with Gasteiger partial charge in [0.2, 0.25) is 0 Å². The van der Waals surface area contributed by atoms with Crippen molar-refractivity contribution in [3.63, 3.8) is 0 Å². The molecule has 0 saturated carbocycles. The molecule has 0 radical (unpaired) electrons. The number of ether oxygens (including phenoxy) is 1. The van der Waals surface area contributed by atoms with E-state index in [0.29, 0.717) is 12.2 Å². The summed E-state index contributed by atoms with van der Waals surface area (Å²) in [7, 11) is 1.63. The highest BCUT2D eigenvalue weighted by Gasteiger charge is 2.14. The minimum Gasteiger partial charge on any atom is -0.383 e. The minimum absolute atomic E-state index is 0.0125. The molecule has 2 aromatic rings. The number of methoxy groups -OCH3 is 1. The van der Waals surface area contributed by atoms with Crippen LogP contribution in [0.4, 0.5) is 0 Å². The molecule has 0 aliphatic carbocycles. The highest BCUT2D eigenvalue weighted by Crippen LogP contribution is 2.14. The summed E-state index contributed by atoms with van der Waals surface area (Å²) in [5, 5.41) is 7.16. The van der Waals surface area contributed by atoms with Crippen LogP contribution in [-0.4, -0.2) is 35.4 Å². The van der Waals surface area contributed by atoms with Gasteiger partial charge in [-0.1, -0.05) is 22.9 Å². The zero-order valence-corrected chi connectivity index (χ0v) is 13.6. The first-order valence-electron chi connectivity index (χ1n) is 6.74. The second-order valence-electron chi connectivity index (χ2n) is 4.68. The third kappa shape index (κ3) is 4.15. The second-order valence-corrected chi connectivity index (χ2v) is 5.60. The topological polar surface area (TPSA) is 56.1 Å². The van der Waals surface area contributed by atoms with E-state index in [1.807, 2.05) is 31.2 Å². The number of amides is 1. The van der Waals surface area contributed by atoms with Crippen LogP contribution in [0.2, 0.25) is 0 Å². The Balaban J connectivity index is 2.08. The van der Waals surface area contributed by atoms with Gasteiger partial charge in [0.25, 0.3) is 5.91 Å². The molecule has 0 fully saturated rings. The largest absolute Gasteiger partial charge is 0.383 e. The van der Waals surface area contributed by atoms with Gasteiger partial charge in [0, 0.05) is 17.8 Å². The van der Waals surface area contributed by atoms with E-state index in [0.717, 1.165) is 16.6 Å². The summed E-state index contributed by atoms with van der Waals surface area (Å²) >= 11 is 3.39. The Labute approximate surface area is 132 Å². The average molecular weight is 352 g/mol. The van der Waals surface area contributed by atoms with Crippen molar-refractivity contribution in [3.8, 4) is 5.69 Å². The summed E-state index contributed by atoms with van der Waals surface area (Å²) < 4.78 is 7.76. The Hall–Kier alpha value is -1.66. The van der Waals surface area contributed by atoms with Crippen molar-refractivity contribution in [2.75, 3.05) is 13.7 Å². The van der Waals surface area contributed by atoms with E-state index in [1.54, 1.807) is 24.2 Å². The van der Waals surface area contributed by atoms with Crippen molar-refractivity contribution < 1.29 is 9.53 Å². The highest BCUT2D eigenvalue weighted by molar-refractivity contribution is 9.10. The SMILES string of the molecule is CC[C@@H](COC)NC(=O)c1cnn(-c2ccc(Br)cc2)c1. The summed E-state index contributed by atoms with van der Waals surface area (Å²) in [5.41, 5.74) is 1.44. The normalized spacial score (nSPS) is 12.1. The third-order valence-corrected chi connectivity index (χ3v) is 3.66. The van der Waals surface area contributed by atoms with E-state index >= 15 is 0 Å². The molecule has 21 heavy (non-hydrogen) atoms. The number of aromatic nitrogens is 2. The maximum Gasteiger partial charge on any atom is 0.254 e. The molecule has 6 heteroatoms. The molecular formula is C15H18BrN3O2. The first kappa shape index (κ1) is 15.7. The van der Waals surface area contributed by atoms with E-state index in [9.17, 15) is 4.79 Å². The second kappa shape index (κ2) is 7.38. The Morgan fingerprint density at radius 1 is 1.43 bits per heavy atom. The van der Waals surface area contributed by atoms with Gasteiger partial charge in [-0.15, -0.1) is 0 Å². The van der Waals surface area contributed by atoms with E-state index in [2.05, 4.69) is 26.3 Å². The first-order valence-corrected chi connectivity index (χ1v) is 7.53. The molecule has 0 aliphatic heterocycles. The lowest BCUT2D eigenvalue weighted by Crippen LogP contribution is -2.37. The Morgan fingerprint density at radius 3 is 2.76 bits per heavy atom. The fourth-order valence-corrected chi connectivity index (χ4v) is 2.17. The van der Waals surface area contributed by atoms with Gasteiger partial charge in [-0.25, -0.2) is 4.68 Å². The van der Waals surface area contributed by atoms with Crippen LogP contribution in [0.15, 0.2) is 41.1 Å². The van der Waals surface area contributed by atoms with Crippen LogP contribution in [0, 0.1) is 0 Å². The highest BCUT2D eigenvalue weighted by atomic mass is 79.9. The Morgan fingerprint density at radius 2 is 2.14 bits per heavy atom. The van der Waals surface area contributed by atoms with Gasteiger partial charge in [-0.2, -0.15) is 5.10 Å². The smallest absolute Gasteiger partial charge is 0.254 e. The number of nitrogens with zero attached hydrogens (tertiary/aromatic N) is 2. The van der Waals surface area contributed by atoms with Gasteiger partial charge in [-0.3, -0.25) is 4.79 Å². The maximum atomic E-state index is 12.2. The van der Waals surface area contributed by atoms with E-state index < -0.39 is 0 Å². The van der Waals surface area contributed by atoms with Crippen LogP contribution in [-0.2, 0) is 4.74 Å². The monoisotopic (exact) mass is 351 g/mol. The van der Waals surface area contributed by atoms with E-state index in [-0.39, 0.29) is 11.9 Å². The standard InChI is InChI=1S/C15H18BrN3O2/c1-3-13(10-21-2)18-15(20)11-8-17-19(9-11)14-6-4-12(16)5-7-14/h4-9,13H,3,10H2,1-2H3,(H,18,20)/t13-/m0/s1. The van der Waals surface area contributed by atoms with Gasteiger partial charge in [0.05, 0.1) is 30.1 Å². The van der Waals surface area contributed by atoms with Crippen molar-refractivity contribution >= 4 is 21.8 Å². The van der Waals surface area contributed by atoms with E-state index in [1.165, 1.54) is 0 Å². The lowest BCUT2D eigenvalue weighted by atomic mass is 10.2. The molecular weight excluding hydrogens is 334 g/mol. The van der Waals surface area contributed by atoms with Crippen LogP contribution < -0.4 is 5.32 Å². The molecule has 1 aromatic heterocycles. The molecule has 0 saturated heterocycles. The lowest BCUT2D eigenvalue weighted by Gasteiger charge is -2.14. The predicted molar refractivity (Wildman–Crippen MR) is 84.7 cm³/mol. The van der Waals surface area contributed by atoms with Crippen molar-refractivity contribution in [1.29, 1.82) is 0 Å². The maximum absolute atomic E-state index is 12.2. The minimum atomic E-state index is -0.137. The number of carbonyl (C=O) groups is 1. The predicted octanol–water partition coefficient (Wildman–Crippen LogP) is 2.79. The van der Waals surface area contributed by atoms with Crippen LogP contribution >= 0.6 is 15.9 Å². The molecule has 1 amide bonds. The van der Waals surface area contributed by atoms with Gasteiger partial charge in [0.15, 0.2) is 0 Å². The fourth-order valence-electron chi connectivity index (χ4n) is 1.91. The van der Waals surface area contributed by atoms with Crippen molar-refractivity contribution in [3.05, 3.63) is 46.7 Å². The first-order chi connectivity index (χ1) is 10.1. The van der Waals surface area contributed by atoms with E-state index in [4.69, 9.17) is 4.74 Å². The summed E-state index contributed by atoms with van der Waals surface area (Å²) in [6.45, 7) is 2.51. The lowest BCUT2D eigenvalue weighted by molar-refractivity contribution is 0.0894. The number of nitrogens with one attached hydrogen (secondary N) is 1. The van der Waals surface area contributed by atoms with Gasteiger partial charge < -0.3 is 10.1 Å². The van der Waals surface area contributed by atoms with Gasteiger partial charge in [-0.05, 0) is 30.7 Å². The molecule has 0 unspecified atom stereocenters. The van der Waals surface area contributed by atoms with Crippen molar-refractivity contribution in [2.45, 2.75) is 19.4 Å². The molecule has 1 atom stereocenters. The molecule has 1 N–H and O–H groups in total. The van der Waals surface area contributed by atoms with Gasteiger partial charge >= 0.3 is 0 Å².